The van der Waals surface area contributed by atoms with Crippen LogP contribution in [0.1, 0.15) is 0 Å². The molecule has 1 aromatic rings. The molecule has 8 heteroatoms. The largest absolute Gasteiger partial charge is 0.573 e. The lowest BCUT2D eigenvalue weighted by Gasteiger charge is -2.13. The van der Waals surface area contributed by atoms with Crippen molar-refractivity contribution in [3.05, 3.63) is 22.7 Å². The van der Waals surface area contributed by atoms with E-state index in [1.807, 2.05) is 14.1 Å². The minimum Gasteiger partial charge on any atom is -0.492 e. The van der Waals surface area contributed by atoms with Gasteiger partial charge in [0.1, 0.15) is 18.1 Å². The smallest absolute Gasteiger partial charge is 0.492 e. The van der Waals surface area contributed by atoms with Crippen molar-refractivity contribution in [2.24, 2.45) is 0 Å². The first-order valence-corrected chi connectivity index (χ1v) is 7.11. The summed E-state index contributed by atoms with van der Waals surface area (Å²) in [5.74, 6) is 0.185. The van der Waals surface area contributed by atoms with Crippen LogP contribution in [0.3, 0.4) is 0 Å². The summed E-state index contributed by atoms with van der Waals surface area (Å²) in [4.78, 5) is 2.06. The van der Waals surface area contributed by atoms with Crippen LogP contribution in [0.5, 0.6) is 11.5 Å². The average Bonchev–Trinajstić information content (AvgIpc) is 2.35. The maximum Gasteiger partial charge on any atom is 0.573 e. The summed E-state index contributed by atoms with van der Waals surface area (Å²) in [6, 6.07) is 4.10. The number of benzene rings is 1. The quantitative estimate of drug-likeness (QED) is 0.713. The van der Waals surface area contributed by atoms with Crippen LogP contribution in [0.25, 0.3) is 0 Å². The van der Waals surface area contributed by atoms with Gasteiger partial charge in [0.25, 0.3) is 0 Å². The molecule has 0 aromatic heterocycles. The number of likely N-dealkylation sites (N-methyl/N-ethyl adjacent to an activating group) is 1. The molecule has 0 aliphatic heterocycles. The van der Waals surface area contributed by atoms with E-state index < -0.39 is 6.36 Å². The molecule has 0 saturated heterocycles. The molecule has 0 unspecified atom stereocenters. The molecule has 120 valence electrons. The molecule has 0 bridgehead atoms. The Kier molecular flexibility index (Phi) is 7.27. The molecule has 0 amide bonds. The molecule has 21 heavy (non-hydrogen) atoms. The fourth-order valence-corrected chi connectivity index (χ4v) is 1.89. The molecule has 0 spiro atoms. The van der Waals surface area contributed by atoms with Crippen LogP contribution in [0.15, 0.2) is 22.7 Å². The van der Waals surface area contributed by atoms with Crippen LogP contribution < -0.4 is 14.8 Å². The molecule has 0 aliphatic carbocycles. The van der Waals surface area contributed by atoms with Gasteiger partial charge in [0.2, 0.25) is 0 Å². The van der Waals surface area contributed by atoms with Crippen LogP contribution in [-0.2, 0) is 0 Å². The number of nitrogens with zero attached hydrogens (tertiary/aromatic N) is 1. The van der Waals surface area contributed by atoms with Crippen molar-refractivity contribution in [2.75, 3.05) is 40.3 Å². The molecule has 4 nitrogen and oxygen atoms in total. The van der Waals surface area contributed by atoms with E-state index in [0.717, 1.165) is 13.1 Å². The SMILES string of the molecule is CN(C)CCNCCOc1ccc(OC(F)(F)F)c(Br)c1. The summed E-state index contributed by atoms with van der Waals surface area (Å²) in [5, 5.41) is 3.19. The fraction of sp³-hybridized carbons (Fsp3) is 0.538. The number of ether oxygens (including phenoxy) is 2. The van der Waals surface area contributed by atoms with Gasteiger partial charge in [-0.15, -0.1) is 13.2 Å². The minimum atomic E-state index is -4.71. The van der Waals surface area contributed by atoms with E-state index in [9.17, 15) is 13.2 Å². The summed E-state index contributed by atoms with van der Waals surface area (Å²) in [7, 11) is 3.97. The second-order valence-electron chi connectivity index (χ2n) is 4.54. The normalized spacial score (nSPS) is 11.8. The Hall–Kier alpha value is -0.990. The first-order chi connectivity index (χ1) is 9.78. The highest BCUT2D eigenvalue weighted by Crippen LogP contribution is 2.33. The number of alkyl halides is 3. The molecule has 0 radical (unpaired) electrons. The van der Waals surface area contributed by atoms with Crippen LogP contribution in [0.4, 0.5) is 13.2 Å². The predicted octanol–water partition coefficient (Wildman–Crippen LogP) is 2.88. The van der Waals surface area contributed by atoms with Crippen LogP contribution in [0, 0.1) is 0 Å². The van der Waals surface area contributed by atoms with Gasteiger partial charge in [-0.1, -0.05) is 0 Å². The lowest BCUT2D eigenvalue weighted by Crippen LogP contribution is -2.29. The Morgan fingerprint density at radius 1 is 1.24 bits per heavy atom. The number of rotatable bonds is 8. The van der Waals surface area contributed by atoms with Crippen molar-refractivity contribution < 1.29 is 22.6 Å². The molecular weight excluding hydrogens is 353 g/mol. The summed E-state index contributed by atoms with van der Waals surface area (Å²) >= 11 is 3.02. The van der Waals surface area contributed by atoms with E-state index in [0.29, 0.717) is 18.9 Å². The Morgan fingerprint density at radius 2 is 1.95 bits per heavy atom. The Morgan fingerprint density at radius 3 is 2.52 bits per heavy atom. The van der Waals surface area contributed by atoms with E-state index in [1.54, 1.807) is 0 Å². The van der Waals surface area contributed by atoms with Gasteiger partial charge in [0, 0.05) is 19.6 Å². The van der Waals surface area contributed by atoms with Crippen molar-refractivity contribution in [1.82, 2.24) is 10.2 Å². The summed E-state index contributed by atoms with van der Waals surface area (Å²) in [5.41, 5.74) is 0. The zero-order valence-corrected chi connectivity index (χ0v) is 13.4. The molecule has 0 atom stereocenters. The van der Waals surface area contributed by atoms with Gasteiger partial charge in [-0.25, -0.2) is 0 Å². The molecule has 1 rings (SSSR count). The zero-order chi connectivity index (χ0) is 15.9. The molecule has 1 aromatic carbocycles. The first kappa shape index (κ1) is 18.1. The van der Waals surface area contributed by atoms with Gasteiger partial charge in [-0.2, -0.15) is 0 Å². The third-order valence-corrected chi connectivity index (χ3v) is 3.03. The molecular formula is C13H18BrF3N2O2. The highest BCUT2D eigenvalue weighted by molar-refractivity contribution is 9.10. The van der Waals surface area contributed by atoms with E-state index >= 15 is 0 Å². The first-order valence-electron chi connectivity index (χ1n) is 6.31. The highest BCUT2D eigenvalue weighted by atomic mass is 79.9. The summed E-state index contributed by atoms with van der Waals surface area (Å²) in [6.45, 7) is 2.86. The standard InChI is InChI=1S/C13H18BrF3N2O2/c1-19(2)7-5-18-6-8-20-10-3-4-12(11(14)9-10)21-13(15,16)17/h3-4,9,18H,5-8H2,1-2H3. The number of nitrogens with one attached hydrogen (secondary N) is 1. The maximum absolute atomic E-state index is 12.1. The Labute approximate surface area is 130 Å². The third-order valence-electron chi connectivity index (χ3n) is 2.41. The van der Waals surface area contributed by atoms with Crippen LogP contribution >= 0.6 is 15.9 Å². The third kappa shape index (κ3) is 8.13. The van der Waals surface area contributed by atoms with E-state index in [1.165, 1.54) is 18.2 Å². The molecule has 0 heterocycles. The Balaban J connectivity index is 2.35. The monoisotopic (exact) mass is 370 g/mol. The van der Waals surface area contributed by atoms with Gasteiger partial charge in [0.15, 0.2) is 0 Å². The Bertz CT molecular complexity index is 442. The zero-order valence-electron chi connectivity index (χ0n) is 11.8. The number of hydrogen-bond donors (Lipinski definition) is 1. The van der Waals surface area contributed by atoms with Crippen molar-refractivity contribution in [3.8, 4) is 11.5 Å². The predicted molar refractivity (Wildman–Crippen MR) is 77.7 cm³/mol. The minimum absolute atomic E-state index is 0.192. The second kappa shape index (κ2) is 8.45. The number of halogens is 4. The van der Waals surface area contributed by atoms with Crippen molar-refractivity contribution in [1.29, 1.82) is 0 Å². The summed E-state index contributed by atoms with van der Waals surface area (Å²) < 4.78 is 45.8. The van der Waals surface area contributed by atoms with Gasteiger partial charge >= 0.3 is 6.36 Å². The highest BCUT2D eigenvalue weighted by Gasteiger charge is 2.31. The molecule has 0 saturated carbocycles. The second-order valence-corrected chi connectivity index (χ2v) is 5.40. The van der Waals surface area contributed by atoms with E-state index in [4.69, 9.17) is 4.74 Å². The van der Waals surface area contributed by atoms with E-state index in [2.05, 4.69) is 30.9 Å². The van der Waals surface area contributed by atoms with Gasteiger partial charge in [-0.05, 0) is 48.2 Å². The van der Waals surface area contributed by atoms with Gasteiger partial charge in [0.05, 0.1) is 4.47 Å². The number of hydrogen-bond acceptors (Lipinski definition) is 4. The van der Waals surface area contributed by atoms with Crippen LogP contribution in [-0.4, -0.2) is 51.6 Å². The van der Waals surface area contributed by atoms with Crippen molar-refractivity contribution >= 4 is 15.9 Å². The topological polar surface area (TPSA) is 33.7 Å². The maximum atomic E-state index is 12.1. The molecule has 0 fully saturated rings. The van der Waals surface area contributed by atoms with Crippen molar-refractivity contribution in [2.45, 2.75) is 6.36 Å². The molecule has 0 aliphatic rings. The van der Waals surface area contributed by atoms with E-state index in [-0.39, 0.29) is 10.2 Å². The van der Waals surface area contributed by atoms with Crippen molar-refractivity contribution in [3.63, 3.8) is 0 Å². The summed E-state index contributed by atoms with van der Waals surface area (Å²) in [6.07, 6.45) is -4.71. The lowest BCUT2D eigenvalue weighted by molar-refractivity contribution is -0.274. The van der Waals surface area contributed by atoms with Crippen LogP contribution in [0.2, 0.25) is 0 Å². The van der Waals surface area contributed by atoms with Gasteiger partial charge in [-0.3, -0.25) is 0 Å². The lowest BCUT2D eigenvalue weighted by atomic mass is 10.3. The molecule has 1 N–H and O–H groups in total. The fourth-order valence-electron chi connectivity index (χ4n) is 1.45. The average molecular weight is 371 g/mol. The van der Waals surface area contributed by atoms with Gasteiger partial charge < -0.3 is 19.7 Å².